The van der Waals surface area contributed by atoms with Crippen LogP contribution in [0.25, 0.3) is 6.08 Å². The molecule has 0 amide bonds. The second kappa shape index (κ2) is 6.32. The largest absolute Gasteiger partial charge is 0.378 e. The lowest BCUT2D eigenvalue weighted by Gasteiger charge is -2.11. The number of rotatable bonds is 3. The molecule has 0 spiro atoms. The molecule has 0 atom stereocenters. The van der Waals surface area contributed by atoms with Gasteiger partial charge in [0.2, 0.25) is 0 Å². The Morgan fingerprint density at radius 1 is 1.16 bits per heavy atom. The quantitative estimate of drug-likeness (QED) is 0.676. The molecule has 1 heterocycles. The third-order valence-electron chi connectivity index (χ3n) is 2.59. The molecule has 2 nitrogen and oxygen atoms in total. The van der Waals surface area contributed by atoms with Gasteiger partial charge in [0.1, 0.15) is 9.31 Å². The van der Waals surface area contributed by atoms with Crippen LogP contribution in [0.5, 0.6) is 0 Å². The Hall–Kier alpha value is -1.17. The maximum absolute atomic E-state index is 5.17. The lowest BCUT2D eigenvalue weighted by atomic mass is 10.2. The van der Waals surface area contributed by atoms with Crippen molar-refractivity contribution in [3.05, 3.63) is 46.9 Å². The van der Waals surface area contributed by atoms with Crippen LogP contribution in [0.3, 0.4) is 0 Å². The lowest BCUT2D eigenvalue weighted by molar-refractivity contribution is 1.13. The summed E-state index contributed by atoms with van der Waals surface area (Å²) in [5, 5.41) is 2.95. The Bertz CT molecular complexity index is 557. The van der Waals surface area contributed by atoms with Gasteiger partial charge < -0.3 is 10.2 Å². The molecule has 0 aromatic heterocycles. The molecule has 1 saturated heterocycles. The van der Waals surface area contributed by atoms with E-state index in [-0.39, 0.29) is 0 Å². The van der Waals surface area contributed by atoms with E-state index in [9.17, 15) is 0 Å². The summed E-state index contributed by atoms with van der Waals surface area (Å²) in [5.41, 5.74) is 2.35. The first kappa shape index (κ1) is 14.2. The van der Waals surface area contributed by atoms with Crippen LogP contribution in [0.2, 0.25) is 0 Å². The summed E-state index contributed by atoms with van der Waals surface area (Å²) in [6.45, 7) is 0. The van der Waals surface area contributed by atoms with Gasteiger partial charge in [0.05, 0.1) is 0 Å². The average molecular weight is 306 g/mol. The summed E-state index contributed by atoms with van der Waals surface area (Å²) in [4.78, 5) is 3.79. The maximum atomic E-state index is 5.17. The zero-order valence-electron chi connectivity index (χ0n) is 10.7. The standard InChI is InChI=1S/C14H14N2S3/c1-16(2)11-8-6-10(7-9-11)4-3-5-12-13(17)15-14(18)19-12/h3-9H,1-2H3,(H,15,17,18). The van der Waals surface area contributed by atoms with Gasteiger partial charge >= 0.3 is 0 Å². The van der Waals surface area contributed by atoms with E-state index in [4.69, 9.17) is 24.4 Å². The van der Waals surface area contributed by atoms with Crippen molar-refractivity contribution >= 4 is 57.3 Å². The van der Waals surface area contributed by atoms with Crippen molar-refractivity contribution in [2.24, 2.45) is 0 Å². The first-order valence-corrected chi connectivity index (χ1v) is 7.38. The van der Waals surface area contributed by atoms with E-state index in [1.165, 1.54) is 17.4 Å². The highest BCUT2D eigenvalue weighted by Crippen LogP contribution is 2.24. The second-order valence-electron chi connectivity index (χ2n) is 4.22. The SMILES string of the molecule is CN(C)c1ccc(C=CC=C2SC(=S)NC2=S)cc1. The van der Waals surface area contributed by atoms with Crippen molar-refractivity contribution in [2.75, 3.05) is 19.0 Å². The topological polar surface area (TPSA) is 15.3 Å². The normalized spacial score (nSPS) is 17.3. The number of hydrogen-bond acceptors (Lipinski definition) is 4. The van der Waals surface area contributed by atoms with E-state index >= 15 is 0 Å². The van der Waals surface area contributed by atoms with Gasteiger partial charge in [-0.2, -0.15) is 0 Å². The van der Waals surface area contributed by atoms with Gasteiger partial charge in [0, 0.05) is 24.7 Å². The summed E-state index contributed by atoms with van der Waals surface area (Å²) < 4.78 is 0.722. The average Bonchev–Trinajstić information content (AvgIpc) is 2.68. The Labute approximate surface area is 128 Å². The minimum Gasteiger partial charge on any atom is -0.378 e. The Balaban J connectivity index is 2.05. The highest BCUT2D eigenvalue weighted by atomic mass is 32.2. The number of nitrogens with one attached hydrogen (secondary N) is 1. The molecule has 98 valence electrons. The first-order chi connectivity index (χ1) is 9.06. The van der Waals surface area contributed by atoms with Gasteiger partial charge in [-0.05, 0) is 23.8 Å². The summed E-state index contributed by atoms with van der Waals surface area (Å²) in [6.07, 6.45) is 6.03. The van der Waals surface area contributed by atoms with E-state index < -0.39 is 0 Å². The molecule has 1 aromatic carbocycles. The van der Waals surface area contributed by atoms with Crippen LogP contribution in [-0.2, 0) is 0 Å². The van der Waals surface area contributed by atoms with E-state index in [2.05, 4.69) is 40.6 Å². The first-order valence-electron chi connectivity index (χ1n) is 5.75. The molecule has 0 radical (unpaired) electrons. The minimum absolute atomic E-state index is 0.711. The summed E-state index contributed by atoms with van der Waals surface area (Å²) in [7, 11) is 4.06. The smallest absolute Gasteiger partial charge is 0.143 e. The fourth-order valence-electron chi connectivity index (χ4n) is 1.57. The van der Waals surface area contributed by atoms with Crippen molar-refractivity contribution in [1.82, 2.24) is 5.32 Å². The van der Waals surface area contributed by atoms with Gasteiger partial charge in [-0.1, -0.05) is 60.5 Å². The number of anilines is 1. The number of thiocarbonyl (C=S) groups is 2. The van der Waals surface area contributed by atoms with Crippen LogP contribution in [0.4, 0.5) is 5.69 Å². The van der Waals surface area contributed by atoms with E-state index in [0.29, 0.717) is 4.99 Å². The third-order valence-corrected chi connectivity index (χ3v) is 4.24. The predicted molar refractivity (Wildman–Crippen MR) is 93.8 cm³/mol. The van der Waals surface area contributed by atoms with Gasteiger partial charge in [-0.25, -0.2) is 0 Å². The molecule has 1 fully saturated rings. The zero-order chi connectivity index (χ0) is 13.8. The molecule has 0 bridgehead atoms. The Morgan fingerprint density at radius 3 is 2.37 bits per heavy atom. The summed E-state index contributed by atoms with van der Waals surface area (Å²) in [6, 6.07) is 8.37. The van der Waals surface area contributed by atoms with E-state index in [0.717, 1.165) is 14.8 Å². The number of thioether (sulfide) groups is 1. The molecule has 2 rings (SSSR count). The molecule has 0 aliphatic carbocycles. The molecule has 1 aromatic rings. The van der Waals surface area contributed by atoms with E-state index in [1.54, 1.807) is 0 Å². The number of nitrogens with zero attached hydrogens (tertiary/aromatic N) is 1. The van der Waals surface area contributed by atoms with Gasteiger partial charge in [-0.15, -0.1) is 0 Å². The fraction of sp³-hybridized carbons (Fsp3) is 0.143. The van der Waals surface area contributed by atoms with Crippen LogP contribution in [0.15, 0.2) is 41.3 Å². The van der Waals surface area contributed by atoms with Crippen molar-refractivity contribution in [2.45, 2.75) is 0 Å². The molecule has 0 saturated carbocycles. The van der Waals surface area contributed by atoms with Gasteiger partial charge in [0.15, 0.2) is 0 Å². The highest BCUT2D eigenvalue weighted by Gasteiger charge is 2.17. The molecular formula is C14H14N2S3. The minimum atomic E-state index is 0.711. The fourth-order valence-corrected chi connectivity index (χ4v) is 3.00. The summed E-state index contributed by atoms with van der Waals surface area (Å²) in [5.74, 6) is 0. The van der Waals surface area contributed by atoms with Crippen molar-refractivity contribution in [3.8, 4) is 0 Å². The van der Waals surface area contributed by atoms with Crippen molar-refractivity contribution in [3.63, 3.8) is 0 Å². The highest BCUT2D eigenvalue weighted by molar-refractivity contribution is 8.27. The number of benzene rings is 1. The van der Waals surface area contributed by atoms with Crippen LogP contribution >= 0.6 is 36.2 Å². The molecule has 1 aliphatic rings. The monoisotopic (exact) mass is 306 g/mol. The van der Waals surface area contributed by atoms with Gasteiger partial charge in [0.25, 0.3) is 0 Å². The molecular weight excluding hydrogens is 292 g/mol. The van der Waals surface area contributed by atoms with Crippen LogP contribution in [-0.4, -0.2) is 23.4 Å². The number of hydrogen-bond donors (Lipinski definition) is 1. The zero-order valence-corrected chi connectivity index (χ0v) is 13.2. The second-order valence-corrected chi connectivity index (χ2v) is 6.35. The molecule has 1 aliphatic heterocycles. The van der Waals surface area contributed by atoms with E-state index in [1.807, 2.05) is 26.2 Å². The van der Waals surface area contributed by atoms with Crippen molar-refractivity contribution < 1.29 is 0 Å². The molecule has 1 N–H and O–H groups in total. The third kappa shape index (κ3) is 3.89. The van der Waals surface area contributed by atoms with Gasteiger partial charge in [-0.3, -0.25) is 0 Å². The molecule has 0 unspecified atom stereocenters. The van der Waals surface area contributed by atoms with Crippen LogP contribution < -0.4 is 10.2 Å². The molecule has 19 heavy (non-hydrogen) atoms. The number of allylic oxidation sites excluding steroid dienone is 2. The van der Waals surface area contributed by atoms with Crippen LogP contribution in [0, 0.1) is 0 Å². The van der Waals surface area contributed by atoms with Crippen LogP contribution in [0.1, 0.15) is 5.56 Å². The lowest BCUT2D eigenvalue weighted by Crippen LogP contribution is -2.15. The molecule has 5 heteroatoms. The Kier molecular flexibility index (Phi) is 4.74. The predicted octanol–water partition coefficient (Wildman–Crippen LogP) is 3.60. The summed E-state index contributed by atoms with van der Waals surface area (Å²) >= 11 is 11.7. The maximum Gasteiger partial charge on any atom is 0.143 e. The van der Waals surface area contributed by atoms with Crippen molar-refractivity contribution in [1.29, 1.82) is 0 Å². The Morgan fingerprint density at radius 2 is 1.84 bits per heavy atom.